The number of hydrogen-bond acceptors (Lipinski definition) is 3. The van der Waals surface area contributed by atoms with Crippen LogP contribution in [0.1, 0.15) is 30.5 Å². The van der Waals surface area contributed by atoms with Crippen LogP contribution in [-0.4, -0.2) is 14.2 Å². The van der Waals surface area contributed by atoms with E-state index in [4.69, 9.17) is 10.5 Å². The Morgan fingerprint density at radius 2 is 1.76 bits per heavy atom. The maximum absolute atomic E-state index is 6.22. The molecule has 0 amide bonds. The average Bonchev–Trinajstić information content (AvgIpc) is 2.54. The fraction of sp³-hybridized carbons (Fsp3) is 0.333. The molecule has 2 N–H and O–H groups in total. The molecule has 3 nitrogen and oxygen atoms in total. The third-order valence-electron chi connectivity index (χ3n) is 3.77. The van der Waals surface area contributed by atoms with Gasteiger partial charge in [0.25, 0.3) is 0 Å². The zero-order valence-electron chi connectivity index (χ0n) is 13.0. The summed E-state index contributed by atoms with van der Waals surface area (Å²) < 4.78 is 5.19. The zero-order valence-corrected chi connectivity index (χ0v) is 13.0. The number of benzene rings is 2. The molecular weight excluding hydrogens is 260 g/mol. The highest BCUT2D eigenvalue weighted by atomic mass is 16.5. The second kappa shape index (κ2) is 7.14. The smallest absolute Gasteiger partial charge is 0.118 e. The summed E-state index contributed by atoms with van der Waals surface area (Å²) in [7, 11) is 3.79. The van der Waals surface area contributed by atoms with Crippen LogP contribution in [0.15, 0.2) is 48.5 Å². The molecule has 2 aromatic rings. The van der Waals surface area contributed by atoms with Gasteiger partial charge in [0.15, 0.2) is 0 Å². The summed E-state index contributed by atoms with van der Waals surface area (Å²) in [4.78, 5) is 2.24. The number of rotatable bonds is 6. The van der Waals surface area contributed by atoms with Crippen molar-refractivity contribution in [3.05, 3.63) is 59.7 Å². The van der Waals surface area contributed by atoms with E-state index < -0.39 is 0 Å². The molecular formula is C18H24N2O. The minimum Gasteiger partial charge on any atom is -0.497 e. The van der Waals surface area contributed by atoms with Gasteiger partial charge in [-0.05, 0) is 35.7 Å². The van der Waals surface area contributed by atoms with Crippen LogP contribution in [0.2, 0.25) is 0 Å². The Morgan fingerprint density at radius 3 is 2.38 bits per heavy atom. The second-order valence-electron chi connectivity index (χ2n) is 5.28. The van der Waals surface area contributed by atoms with Crippen molar-refractivity contribution in [2.75, 3.05) is 19.1 Å². The fourth-order valence-corrected chi connectivity index (χ4v) is 2.46. The van der Waals surface area contributed by atoms with Crippen LogP contribution >= 0.6 is 0 Å². The first-order valence-electron chi connectivity index (χ1n) is 7.34. The van der Waals surface area contributed by atoms with Crippen LogP contribution in [0.5, 0.6) is 5.75 Å². The number of methoxy groups -OCH3 is 1. The molecule has 0 aromatic heterocycles. The van der Waals surface area contributed by atoms with Crippen LogP contribution < -0.4 is 15.4 Å². The van der Waals surface area contributed by atoms with E-state index in [2.05, 4.69) is 55.3 Å². The number of para-hydroxylation sites is 1. The van der Waals surface area contributed by atoms with Gasteiger partial charge in [-0.25, -0.2) is 0 Å². The van der Waals surface area contributed by atoms with Gasteiger partial charge in [-0.3, -0.25) is 0 Å². The van der Waals surface area contributed by atoms with E-state index in [1.54, 1.807) is 7.11 Å². The van der Waals surface area contributed by atoms with Gasteiger partial charge in [0.1, 0.15) is 5.75 Å². The molecule has 2 aromatic carbocycles. The van der Waals surface area contributed by atoms with Gasteiger partial charge in [-0.15, -0.1) is 0 Å². The van der Waals surface area contributed by atoms with Crippen LogP contribution in [0.25, 0.3) is 0 Å². The monoisotopic (exact) mass is 284 g/mol. The van der Waals surface area contributed by atoms with Crippen molar-refractivity contribution in [1.29, 1.82) is 0 Å². The van der Waals surface area contributed by atoms with Gasteiger partial charge in [0.05, 0.1) is 7.11 Å². The standard InChI is InChI=1S/C18H24N2O/c1-4-17(19)16-7-5-6-8-18(16)20(2)13-14-9-11-15(21-3)12-10-14/h5-12,17H,4,13,19H2,1-3H3/t17-/m1/s1. The van der Waals surface area contributed by atoms with Crippen molar-refractivity contribution in [1.82, 2.24) is 0 Å². The molecule has 0 saturated carbocycles. The van der Waals surface area contributed by atoms with E-state index >= 15 is 0 Å². The third kappa shape index (κ3) is 3.76. The molecule has 0 heterocycles. The number of nitrogens with zero attached hydrogens (tertiary/aromatic N) is 1. The molecule has 2 rings (SSSR count). The molecule has 0 spiro atoms. The summed E-state index contributed by atoms with van der Waals surface area (Å²) in [6.07, 6.45) is 0.938. The lowest BCUT2D eigenvalue weighted by Gasteiger charge is -2.25. The number of nitrogens with two attached hydrogens (primary N) is 1. The van der Waals surface area contributed by atoms with Crippen molar-refractivity contribution in [2.24, 2.45) is 5.73 Å². The van der Waals surface area contributed by atoms with Gasteiger partial charge in [-0.1, -0.05) is 37.3 Å². The molecule has 0 aliphatic rings. The second-order valence-corrected chi connectivity index (χ2v) is 5.28. The molecule has 0 radical (unpaired) electrons. The first kappa shape index (κ1) is 15.4. The van der Waals surface area contributed by atoms with Crippen LogP contribution in [0, 0.1) is 0 Å². The summed E-state index contributed by atoms with van der Waals surface area (Å²) >= 11 is 0. The Kier molecular flexibility index (Phi) is 5.23. The van der Waals surface area contributed by atoms with Gasteiger partial charge in [0.2, 0.25) is 0 Å². The van der Waals surface area contributed by atoms with Gasteiger partial charge < -0.3 is 15.4 Å². The fourth-order valence-electron chi connectivity index (χ4n) is 2.46. The molecule has 0 fully saturated rings. The van der Waals surface area contributed by atoms with Crippen molar-refractivity contribution in [3.63, 3.8) is 0 Å². The molecule has 1 atom stereocenters. The molecule has 112 valence electrons. The third-order valence-corrected chi connectivity index (χ3v) is 3.77. The lowest BCUT2D eigenvalue weighted by atomic mass is 10.0. The molecule has 21 heavy (non-hydrogen) atoms. The Balaban J connectivity index is 2.17. The van der Waals surface area contributed by atoms with E-state index in [1.165, 1.54) is 16.8 Å². The Hall–Kier alpha value is -2.00. The SMILES string of the molecule is CC[C@@H](N)c1ccccc1N(C)Cc1ccc(OC)cc1. The summed E-state index contributed by atoms with van der Waals surface area (Å²) in [6.45, 7) is 2.96. The van der Waals surface area contributed by atoms with Crippen molar-refractivity contribution >= 4 is 5.69 Å². The van der Waals surface area contributed by atoms with E-state index in [0.717, 1.165) is 18.7 Å². The Morgan fingerprint density at radius 1 is 1.10 bits per heavy atom. The molecule has 0 unspecified atom stereocenters. The summed E-state index contributed by atoms with van der Waals surface area (Å²) in [5, 5.41) is 0. The van der Waals surface area contributed by atoms with Crippen LogP contribution in [0.3, 0.4) is 0 Å². The minimum atomic E-state index is 0.0829. The minimum absolute atomic E-state index is 0.0829. The van der Waals surface area contributed by atoms with E-state index in [0.29, 0.717) is 0 Å². The summed E-state index contributed by atoms with van der Waals surface area (Å²) in [6, 6.07) is 16.6. The zero-order chi connectivity index (χ0) is 15.2. The quantitative estimate of drug-likeness (QED) is 0.878. The highest BCUT2D eigenvalue weighted by molar-refractivity contribution is 5.54. The topological polar surface area (TPSA) is 38.5 Å². The number of anilines is 1. The largest absolute Gasteiger partial charge is 0.497 e. The highest BCUT2D eigenvalue weighted by Gasteiger charge is 2.12. The van der Waals surface area contributed by atoms with E-state index in [9.17, 15) is 0 Å². The highest BCUT2D eigenvalue weighted by Crippen LogP contribution is 2.27. The van der Waals surface area contributed by atoms with Crippen LogP contribution in [-0.2, 0) is 6.54 Å². The Labute approximate surface area is 127 Å². The Bertz CT molecular complexity index is 566. The molecule has 0 bridgehead atoms. The average molecular weight is 284 g/mol. The first-order valence-corrected chi connectivity index (χ1v) is 7.34. The predicted octanol–water partition coefficient (Wildman–Crippen LogP) is 3.74. The van der Waals surface area contributed by atoms with Gasteiger partial charge >= 0.3 is 0 Å². The molecule has 0 aliphatic heterocycles. The van der Waals surface area contributed by atoms with Crippen molar-refractivity contribution in [3.8, 4) is 5.75 Å². The van der Waals surface area contributed by atoms with Crippen LogP contribution in [0.4, 0.5) is 5.69 Å². The van der Waals surface area contributed by atoms with E-state index in [1.807, 2.05) is 12.1 Å². The summed E-state index contributed by atoms with van der Waals surface area (Å²) in [5.74, 6) is 0.884. The first-order chi connectivity index (χ1) is 10.2. The lowest BCUT2D eigenvalue weighted by Crippen LogP contribution is -2.20. The molecule has 0 aliphatic carbocycles. The van der Waals surface area contributed by atoms with Gasteiger partial charge in [-0.2, -0.15) is 0 Å². The van der Waals surface area contributed by atoms with E-state index in [-0.39, 0.29) is 6.04 Å². The number of hydrogen-bond donors (Lipinski definition) is 1. The normalized spacial score (nSPS) is 12.0. The van der Waals surface area contributed by atoms with Crippen molar-refractivity contribution in [2.45, 2.75) is 25.9 Å². The summed E-state index contributed by atoms with van der Waals surface area (Å²) in [5.41, 5.74) is 9.87. The molecule has 3 heteroatoms. The molecule has 0 saturated heterocycles. The lowest BCUT2D eigenvalue weighted by molar-refractivity contribution is 0.414. The maximum Gasteiger partial charge on any atom is 0.118 e. The number of ether oxygens (including phenoxy) is 1. The van der Waals surface area contributed by atoms with Crippen molar-refractivity contribution < 1.29 is 4.74 Å². The maximum atomic E-state index is 6.22. The van der Waals surface area contributed by atoms with Gasteiger partial charge in [0, 0.05) is 25.3 Å². The predicted molar refractivity (Wildman–Crippen MR) is 88.8 cm³/mol.